The number of piperidine rings is 1. The summed E-state index contributed by atoms with van der Waals surface area (Å²) in [6, 6.07) is 12.8. The van der Waals surface area contributed by atoms with Crippen LogP contribution in [0.1, 0.15) is 18.4 Å². The minimum atomic E-state index is -4.28. The van der Waals surface area contributed by atoms with Crippen LogP contribution < -0.4 is 10.0 Å². The summed E-state index contributed by atoms with van der Waals surface area (Å²) in [5, 5.41) is 2.79. The Morgan fingerprint density at radius 1 is 1.03 bits per heavy atom. The van der Waals surface area contributed by atoms with E-state index in [0.29, 0.717) is 32.5 Å². The summed E-state index contributed by atoms with van der Waals surface area (Å²) in [5.74, 6) is -1.35. The normalized spacial score (nSPS) is 16.9. The summed E-state index contributed by atoms with van der Waals surface area (Å²) >= 11 is 0. The highest BCUT2D eigenvalue weighted by Gasteiger charge is 2.29. The molecule has 0 bridgehead atoms. The molecule has 180 valence electrons. The highest BCUT2D eigenvalue weighted by Crippen LogP contribution is 2.19. The Morgan fingerprint density at radius 3 is 2.24 bits per heavy atom. The van der Waals surface area contributed by atoms with Crippen LogP contribution in [0.2, 0.25) is 0 Å². The van der Waals surface area contributed by atoms with Crippen molar-refractivity contribution in [1.29, 1.82) is 0 Å². The largest absolute Gasteiger partial charge is 0.354 e. The predicted octanol–water partition coefficient (Wildman–Crippen LogP) is 1.50. The van der Waals surface area contributed by atoms with E-state index in [1.54, 1.807) is 24.3 Å². The number of carbonyl (C=O) groups is 1. The van der Waals surface area contributed by atoms with E-state index >= 15 is 0 Å². The van der Waals surface area contributed by atoms with E-state index < -0.39 is 42.7 Å². The minimum Gasteiger partial charge on any atom is -0.354 e. The van der Waals surface area contributed by atoms with E-state index in [1.807, 2.05) is 6.07 Å². The Labute approximate surface area is 194 Å². The van der Waals surface area contributed by atoms with Gasteiger partial charge < -0.3 is 5.32 Å². The second-order valence-electron chi connectivity index (χ2n) is 8.14. The number of hydrogen-bond donors (Lipinski definition) is 2. The summed E-state index contributed by atoms with van der Waals surface area (Å²) < 4.78 is 66.8. The van der Waals surface area contributed by atoms with Gasteiger partial charge in [-0.25, -0.2) is 25.5 Å². The summed E-state index contributed by atoms with van der Waals surface area (Å²) in [4.78, 5) is 12.4. The van der Waals surface area contributed by atoms with Crippen LogP contribution >= 0.6 is 0 Å². The monoisotopic (exact) mass is 497 g/mol. The molecule has 1 aliphatic heterocycles. The molecule has 0 aliphatic carbocycles. The average molecular weight is 498 g/mol. The third-order valence-corrected chi connectivity index (χ3v) is 8.44. The number of halogens is 1. The van der Waals surface area contributed by atoms with Crippen molar-refractivity contribution in [3.63, 3.8) is 0 Å². The molecule has 0 unspecified atom stereocenters. The van der Waals surface area contributed by atoms with Gasteiger partial charge in [-0.1, -0.05) is 42.5 Å². The Hall–Kier alpha value is -2.34. The molecule has 3 rings (SSSR count). The summed E-state index contributed by atoms with van der Waals surface area (Å²) in [7, 11) is -7.52. The summed E-state index contributed by atoms with van der Waals surface area (Å²) in [6.45, 7) is 1.06. The lowest BCUT2D eigenvalue weighted by molar-refractivity contribution is -0.123. The molecule has 0 spiro atoms. The molecule has 0 aromatic heterocycles. The van der Waals surface area contributed by atoms with E-state index in [0.717, 1.165) is 17.7 Å². The van der Waals surface area contributed by atoms with Crippen molar-refractivity contribution in [2.24, 2.45) is 5.92 Å². The zero-order valence-corrected chi connectivity index (χ0v) is 19.9. The number of hydrogen-bond acceptors (Lipinski definition) is 5. The molecule has 11 heteroatoms. The lowest BCUT2D eigenvalue weighted by Crippen LogP contribution is -2.49. The van der Waals surface area contributed by atoms with Crippen molar-refractivity contribution >= 4 is 26.0 Å². The Kier molecular flexibility index (Phi) is 8.22. The Bertz CT molecular complexity index is 1170. The molecule has 1 fully saturated rings. The van der Waals surface area contributed by atoms with Gasteiger partial charge in [-0.05, 0) is 42.9 Å². The molecule has 0 radical (unpaired) electrons. The molecular weight excluding hydrogens is 469 g/mol. The van der Waals surface area contributed by atoms with Gasteiger partial charge in [-0.15, -0.1) is 0 Å². The topological polar surface area (TPSA) is 113 Å². The smallest absolute Gasteiger partial charge is 0.244 e. The zero-order valence-electron chi connectivity index (χ0n) is 18.3. The first-order valence-electron chi connectivity index (χ1n) is 10.6. The summed E-state index contributed by atoms with van der Waals surface area (Å²) in [5.41, 5.74) is 0.746. The highest BCUT2D eigenvalue weighted by molar-refractivity contribution is 7.89. The second-order valence-corrected chi connectivity index (χ2v) is 11.8. The second kappa shape index (κ2) is 10.7. The minimum absolute atomic E-state index is 0.0764. The van der Waals surface area contributed by atoms with E-state index in [1.165, 1.54) is 22.7 Å². The quantitative estimate of drug-likeness (QED) is 0.545. The standard InChI is InChI=1S/C22H28FN3O5S2/c1-32(28,29)26-13-11-18(12-14-26)16-24-22(27)20(15-17-7-3-2-4-8-17)25-33(30,31)21-10-6-5-9-19(21)23/h2-10,18,20,25H,11-16H2,1H3,(H,24,27)/t20-/m0/s1. The van der Waals surface area contributed by atoms with Gasteiger partial charge in [-0.2, -0.15) is 4.72 Å². The van der Waals surface area contributed by atoms with E-state index in [9.17, 15) is 26.0 Å². The van der Waals surface area contributed by atoms with Crippen LogP contribution in [-0.4, -0.2) is 59.0 Å². The molecule has 1 heterocycles. The van der Waals surface area contributed by atoms with E-state index in [4.69, 9.17) is 0 Å². The van der Waals surface area contributed by atoms with Crippen LogP contribution in [0.4, 0.5) is 4.39 Å². The third kappa shape index (κ3) is 7.07. The fraction of sp³-hybridized carbons (Fsp3) is 0.409. The molecule has 2 aromatic rings. The van der Waals surface area contributed by atoms with Crippen molar-refractivity contribution in [1.82, 2.24) is 14.3 Å². The van der Waals surface area contributed by atoms with Gasteiger partial charge >= 0.3 is 0 Å². The number of sulfonamides is 2. The molecule has 0 saturated carbocycles. The number of benzene rings is 2. The van der Waals surface area contributed by atoms with Gasteiger partial charge in [0.1, 0.15) is 16.8 Å². The maximum absolute atomic E-state index is 14.1. The van der Waals surface area contributed by atoms with Crippen molar-refractivity contribution < 1.29 is 26.0 Å². The lowest BCUT2D eigenvalue weighted by Gasteiger charge is -2.30. The van der Waals surface area contributed by atoms with Crippen molar-refractivity contribution in [2.45, 2.75) is 30.2 Å². The zero-order chi connectivity index (χ0) is 24.1. The molecule has 1 aliphatic rings. The van der Waals surface area contributed by atoms with E-state index in [2.05, 4.69) is 10.0 Å². The van der Waals surface area contributed by atoms with Crippen molar-refractivity contribution in [2.75, 3.05) is 25.9 Å². The van der Waals surface area contributed by atoms with Gasteiger partial charge in [0.05, 0.1) is 6.26 Å². The molecule has 1 amide bonds. The van der Waals surface area contributed by atoms with Gasteiger partial charge in [0, 0.05) is 19.6 Å². The van der Waals surface area contributed by atoms with Crippen LogP contribution in [0.5, 0.6) is 0 Å². The molecule has 2 N–H and O–H groups in total. The number of nitrogens with one attached hydrogen (secondary N) is 2. The van der Waals surface area contributed by atoms with E-state index in [-0.39, 0.29) is 12.3 Å². The number of carbonyl (C=O) groups excluding carboxylic acids is 1. The first-order valence-corrected chi connectivity index (χ1v) is 13.9. The van der Waals surface area contributed by atoms with Crippen molar-refractivity contribution in [3.05, 3.63) is 66.0 Å². The van der Waals surface area contributed by atoms with Crippen molar-refractivity contribution in [3.8, 4) is 0 Å². The molecule has 1 saturated heterocycles. The maximum Gasteiger partial charge on any atom is 0.244 e. The number of rotatable bonds is 9. The van der Waals surface area contributed by atoms with Gasteiger partial charge in [0.15, 0.2) is 0 Å². The molecule has 1 atom stereocenters. The molecule has 33 heavy (non-hydrogen) atoms. The maximum atomic E-state index is 14.1. The van der Waals surface area contributed by atoms with Crippen LogP contribution in [0.15, 0.2) is 59.5 Å². The fourth-order valence-corrected chi connectivity index (χ4v) is 5.91. The molecule has 8 nitrogen and oxygen atoms in total. The SMILES string of the molecule is CS(=O)(=O)N1CCC(CNC(=O)[C@H](Cc2ccccc2)NS(=O)(=O)c2ccccc2F)CC1. The third-order valence-electron chi connectivity index (χ3n) is 5.63. The van der Waals surface area contributed by atoms with Gasteiger partial charge in [0.25, 0.3) is 0 Å². The Morgan fingerprint density at radius 2 is 1.64 bits per heavy atom. The highest BCUT2D eigenvalue weighted by atomic mass is 32.2. The van der Waals surface area contributed by atoms with Gasteiger partial charge in [0.2, 0.25) is 26.0 Å². The van der Waals surface area contributed by atoms with Gasteiger partial charge in [-0.3, -0.25) is 4.79 Å². The molecule has 2 aromatic carbocycles. The molecular formula is C22H28FN3O5S2. The Balaban J connectivity index is 1.69. The van der Waals surface area contributed by atoms with Crippen LogP contribution in [0.3, 0.4) is 0 Å². The first-order chi connectivity index (χ1) is 15.6. The predicted molar refractivity (Wildman–Crippen MR) is 123 cm³/mol. The lowest BCUT2D eigenvalue weighted by atomic mass is 9.98. The summed E-state index contributed by atoms with van der Waals surface area (Å²) in [6.07, 6.45) is 2.45. The number of amides is 1. The fourth-order valence-electron chi connectivity index (χ4n) is 3.76. The van der Waals surface area contributed by atoms with Crippen LogP contribution in [0.25, 0.3) is 0 Å². The van der Waals surface area contributed by atoms with Crippen LogP contribution in [-0.2, 0) is 31.3 Å². The first kappa shape index (κ1) is 25.3. The number of nitrogens with zero attached hydrogens (tertiary/aromatic N) is 1. The van der Waals surface area contributed by atoms with Crippen LogP contribution in [0, 0.1) is 11.7 Å². The average Bonchev–Trinajstić information content (AvgIpc) is 2.77.